The Bertz CT molecular complexity index is 639. The van der Waals surface area contributed by atoms with Gasteiger partial charge < -0.3 is 15.0 Å². The summed E-state index contributed by atoms with van der Waals surface area (Å²) in [5, 5.41) is 3.84. The Morgan fingerprint density at radius 1 is 1.04 bits per heavy atom. The van der Waals surface area contributed by atoms with Crippen molar-refractivity contribution in [3.8, 4) is 0 Å². The number of carbonyl (C=O) groups excluding carboxylic acids is 2. The zero-order valence-electron chi connectivity index (χ0n) is 14.0. The van der Waals surface area contributed by atoms with Crippen molar-refractivity contribution in [2.45, 2.75) is 25.7 Å². The second-order valence-electron chi connectivity index (χ2n) is 6.60. The fourth-order valence-electron chi connectivity index (χ4n) is 3.39. The zero-order valence-corrected chi connectivity index (χ0v) is 15.5. The Labute approximate surface area is 157 Å². The van der Waals surface area contributed by atoms with Crippen LogP contribution >= 0.6 is 23.2 Å². The molecule has 0 spiro atoms. The molecular formula is C18H22Cl2N2O3. The number of carbonyl (C=O) groups is 2. The number of hydrogen-bond donors (Lipinski definition) is 1. The molecular weight excluding hydrogens is 363 g/mol. The Hall–Kier alpha value is -1.30. The number of benzene rings is 1. The Morgan fingerprint density at radius 3 is 2.40 bits per heavy atom. The number of likely N-dealkylation sites (tertiary alicyclic amines) is 1. The largest absolute Gasteiger partial charge is 0.381 e. The molecule has 0 saturated carbocycles. The molecule has 1 aromatic carbocycles. The van der Waals surface area contributed by atoms with E-state index in [4.69, 9.17) is 27.9 Å². The van der Waals surface area contributed by atoms with Crippen LogP contribution in [0.15, 0.2) is 18.2 Å². The van der Waals surface area contributed by atoms with Crippen LogP contribution in [0.3, 0.4) is 0 Å². The SMILES string of the molecule is O=C(Nc1cc(Cl)ccc1Cl)C1CCN(C(=O)C2CCOCC2)CC1. The number of nitrogens with one attached hydrogen (secondary N) is 1. The summed E-state index contributed by atoms with van der Waals surface area (Å²) >= 11 is 12.0. The zero-order chi connectivity index (χ0) is 17.8. The standard InChI is InChI=1S/C18H22Cl2N2O3/c19-14-1-2-15(20)16(11-14)21-17(23)12-3-7-22(8-4-12)18(24)13-5-9-25-10-6-13/h1-2,11-13H,3-10H2,(H,21,23). The monoisotopic (exact) mass is 384 g/mol. The summed E-state index contributed by atoms with van der Waals surface area (Å²) in [4.78, 5) is 26.9. The van der Waals surface area contributed by atoms with Crippen LogP contribution in [0.2, 0.25) is 10.0 Å². The molecule has 1 aromatic rings. The molecule has 3 rings (SSSR count). The van der Waals surface area contributed by atoms with E-state index >= 15 is 0 Å². The lowest BCUT2D eigenvalue weighted by Gasteiger charge is -2.34. The molecule has 0 radical (unpaired) electrons. The molecule has 0 atom stereocenters. The maximum absolute atomic E-state index is 12.5. The van der Waals surface area contributed by atoms with Crippen LogP contribution in [0.25, 0.3) is 0 Å². The van der Waals surface area contributed by atoms with Gasteiger partial charge in [0.15, 0.2) is 0 Å². The second kappa shape index (κ2) is 8.39. The molecule has 2 fully saturated rings. The molecule has 25 heavy (non-hydrogen) atoms. The molecule has 0 unspecified atom stereocenters. The lowest BCUT2D eigenvalue weighted by molar-refractivity contribution is -0.141. The van der Waals surface area contributed by atoms with Gasteiger partial charge in [-0.05, 0) is 43.9 Å². The summed E-state index contributed by atoms with van der Waals surface area (Å²) in [5.74, 6) is 0.0977. The third-order valence-electron chi connectivity index (χ3n) is 4.93. The highest BCUT2D eigenvalue weighted by Gasteiger charge is 2.31. The summed E-state index contributed by atoms with van der Waals surface area (Å²) in [6.07, 6.45) is 2.93. The molecule has 2 heterocycles. The molecule has 5 nitrogen and oxygen atoms in total. The minimum Gasteiger partial charge on any atom is -0.381 e. The van der Waals surface area contributed by atoms with Crippen LogP contribution in [-0.4, -0.2) is 43.0 Å². The highest BCUT2D eigenvalue weighted by molar-refractivity contribution is 6.35. The van der Waals surface area contributed by atoms with Gasteiger partial charge in [-0.2, -0.15) is 0 Å². The first-order chi connectivity index (χ1) is 12.0. The average Bonchev–Trinajstić information content (AvgIpc) is 2.65. The number of nitrogens with zero attached hydrogens (tertiary/aromatic N) is 1. The van der Waals surface area contributed by atoms with E-state index in [1.54, 1.807) is 18.2 Å². The van der Waals surface area contributed by atoms with Crippen LogP contribution in [-0.2, 0) is 14.3 Å². The third kappa shape index (κ3) is 4.66. The van der Waals surface area contributed by atoms with Crippen LogP contribution in [0.5, 0.6) is 0 Å². The van der Waals surface area contributed by atoms with Gasteiger partial charge in [-0.3, -0.25) is 9.59 Å². The summed E-state index contributed by atoms with van der Waals surface area (Å²) < 4.78 is 5.32. The van der Waals surface area contributed by atoms with E-state index in [9.17, 15) is 9.59 Å². The van der Waals surface area contributed by atoms with Gasteiger partial charge in [0.2, 0.25) is 11.8 Å². The Kier molecular flexibility index (Phi) is 6.20. The van der Waals surface area contributed by atoms with E-state index in [1.807, 2.05) is 4.90 Å². The van der Waals surface area contributed by atoms with Crippen LogP contribution in [0, 0.1) is 11.8 Å². The summed E-state index contributed by atoms with van der Waals surface area (Å²) in [6, 6.07) is 4.99. The topological polar surface area (TPSA) is 58.6 Å². The maximum atomic E-state index is 12.5. The first-order valence-corrected chi connectivity index (χ1v) is 9.42. The number of hydrogen-bond acceptors (Lipinski definition) is 3. The van der Waals surface area contributed by atoms with Gasteiger partial charge in [-0.15, -0.1) is 0 Å². The number of amides is 2. The van der Waals surface area contributed by atoms with Gasteiger partial charge >= 0.3 is 0 Å². The lowest BCUT2D eigenvalue weighted by atomic mass is 9.93. The van der Waals surface area contributed by atoms with E-state index in [-0.39, 0.29) is 23.7 Å². The molecule has 1 N–H and O–H groups in total. The van der Waals surface area contributed by atoms with Crippen LogP contribution < -0.4 is 5.32 Å². The Balaban J connectivity index is 1.52. The first kappa shape index (κ1) is 18.5. The molecule has 0 bridgehead atoms. The molecule has 2 aliphatic heterocycles. The molecule has 2 saturated heterocycles. The minimum absolute atomic E-state index is 0.0673. The van der Waals surface area contributed by atoms with Gasteiger partial charge in [-0.1, -0.05) is 23.2 Å². The minimum atomic E-state index is -0.117. The highest BCUT2D eigenvalue weighted by Crippen LogP contribution is 2.28. The fraction of sp³-hybridized carbons (Fsp3) is 0.556. The molecule has 0 aromatic heterocycles. The van der Waals surface area contributed by atoms with E-state index in [0.717, 1.165) is 12.8 Å². The van der Waals surface area contributed by atoms with Gasteiger partial charge in [-0.25, -0.2) is 0 Å². The van der Waals surface area contributed by atoms with E-state index in [1.165, 1.54) is 0 Å². The van der Waals surface area contributed by atoms with Gasteiger partial charge in [0.05, 0.1) is 10.7 Å². The predicted molar refractivity (Wildman–Crippen MR) is 97.9 cm³/mol. The molecule has 7 heteroatoms. The highest BCUT2D eigenvalue weighted by atomic mass is 35.5. The van der Waals surface area contributed by atoms with Crippen molar-refractivity contribution in [1.29, 1.82) is 0 Å². The summed E-state index contributed by atoms with van der Waals surface area (Å²) in [5.41, 5.74) is 0.528. The third-order valence-corrected chi connectivity index (χ3v) is 5.50. The van der Waals surface area contributed by atoms with Gasteiger partial charge in [0.1, 0.15) is 0 Å². The Morgan fingerprint density at radius 2 is 1.72 bits per heavy atom. The van der Waals surface area contributed by atoms with Gasteiger partial charge in [0.25, 0.3) is 0 Å². The first-order valence-electron chi connectivity index (χ1n) is 8.67. The number of piperidine rings is 1. The van der Waals surface area contributed by atoms with Crippen molar-refractivity contribution in [3.63, 3.8) is 0 Å². The number of rotatable bonds is 3. The smallest absolute Gasteiger partial charge is 0.227 e. The van der Waals surface area contributed by atoms with E-state index in [2.05, 4.69) is 5.32 Å². The number of halogens is 2. The van der Waals surface area contributed by atoms with Crippen molar-refractivity contribution in [3.05, 3.63) is 28.2 Å². The summed E-state index contributed by atoms with van der Waals surface area (Å²) in [6.45, 7) is 2.57. The summed E-state index contributed by atoms with van der Waals surface area (Å²) in [7, 11) is 0. The van der Waals surface area contributed by atoms with Crippen molar-refractivity contribution >= 4 is 40.7 Å². The maximum Gasteiger partial charge on any atom is 0.227 e. The van der Waals surface area contributed by atoms with E-state index in [0.29, 0.717) is 54.9 Å². The van der Waals surface area contributed by atoms with Crippen molar-refractivity contribution in [2.75, 3.05) is 31.6 Å². The molecule has 136 valence electrons. The second-order valence-corrected chi connectivity index (χ2v) is 7.44. The number of anilines is 1. The fourth-order valence-corrected chi connectivity index (χ4v) is 3.73. The van der Waals surface area contributed by atoms with Crippen LogP contribution in [0.4, 0.5) is 5.69 Å². The molecule has 0 aliphatic carbocycles. The molecule has 2 amide bonds. The quantitative estimate of drug-likeness (QED) is 0.865. The van der Waals surface area contributed by atoms with Crippen molar-refractivity contribution in [2.24, 2.45) is 11.8 Å². The molecule has 2 aliphatic rings. The van der Waals surface area contributed by atoms with E-state index < -0.39 is 0 Å². The van der Waals surface area contributed by atoms with Crippen LogP contribution in [0.1, 0.15) is 25.7 Å². The van der Waals surface area contributed by atoms with Gasteiger partial charge in [0, 0.05) is 43.2 Å². The normalized spacial score (nSPS) is 19.7. The lowest BCUT2D eigenvalue weighted by Crippen LogP contribution is -2.45. The predicted octanol–water partition coefficient (Wildman–Crippen LogP) is 3.60. The average molecular weight is 385 g/mol. The van der Waals surface area contributed by atoms with Crippen molar-refractivity contribution in [1.82, 2.24) is 4.90 Å². The van der Waals surface area contributed by atoms with Crippen molar-refractivity contribution < 1.29 is 14.3 Å². The number of ether oxygens (including phenoxy) is 1.